The van der Waals surface area contributed by atoms with Crippen molar-refractivity contribution in [1.82, 2.24) is 5.32 Å². The molecule has 0 saturated carbocycles. The molecule has 0 radical (unpaired) electrons. The summed E-state index contributed by atoms with van der Waals surface area (Å²) in [7, 11) is 0. The Hall–Kier alpha value is -2.13. The first-order valence-corrected chi connectivity index (χ1v) is 6.86. The molecule has 6 nitrogen and oxygen atoms in total. The van der Waals surface area contributed by atoms with E-state index in [0.717, 1.165) is 32.5 Å². The van der Waals surface area contributed by atoms with Crippen LogP contribution in [0.15, 0.2) is 18.2 Å². The van der Waals surface area contributed by atoms with E-state index in [4.69, 9.17) is 5.26 Å². The van der Waals surface area contributed by atoms with Gasteiger partial charge in [-0.15, -0.1) is 0 Å². The standard InChI is InChI=1S/C14H16N4O2/c15-8-10-1-2-13(14(7-10)18(19)20)17-6-4-12-11(9-17)3-5-16-12/h1-2,7,11-12,16H,3-6,9H2. The normalized spacial score (nSPS) is 25.1. The summed E-state index contributed by atoms with van der Waals surface area (Å²) in [4.78, 5) is 12.9. The topological polar surface area (TPSA) is 82.2 Å². The van der Waals surface area contributed by atoms with Crippen molar-refractivity contribution in [3.05, 3.63) is 33.9 Å². The number of nitro groups is 1. The maximum atomic E-state index is 11.2. The smallest absolute Gasteiger partial charge is 0.293 e. The average Bonchev–Trinajstić information content (AvgIpc) is 2.93. The summed E-state index contributed by atoms with van der Waals surface area (Å²) in [5.74, 6) is 0.569. The number of piperidine rings is 1. The highest BCUT2D eigenvalue weighted by Crippen LogP contribution is 2.34. The molecule has 2 heterocycles. The summed E-state index contributed by atoms with van der Waals surface area (Å²) in [5, 5.41) is 23.6. The molecule has 6 heteroatoms. The van der Waals surface area contributed by atoms with Crippen LogP contribution in [0.5, 0.6) is 0 Å². The third-order valence-corrected chi connectivity index (χ3v) is 4.30. The lowest BCUT2D eigenvalue weighted by atomic mass is 9.93. The van der Waals surface area contributed by atoms with Crippen LogP contribution in [0, 0.1) is 27.4 Å². The molecule has 2 saturated heterocycles. The van der Waals surface area contributed by atoms with Gasteiger partial charge in [0.1, 0.15) is 5.69 Å². The van der Waals surface area contributed by atoms with Crippen LogP contribution in [0.4, 0.5) is 11.4 Å². The number of hydrogen-bond acceptors (Lipinski definition) is 5. The molecule has 1 N–H and O–H groups in total. The molecular weight excluding hydrogens is 256 g/mol. The zero-order valence-electron chi connectivity index (χ0n) is 11.1. The number of nitrogens with one attached hydrogen (secondary N) is 1. The second kappa shape index (κ2) is 5.10. The van der Waals surface area contributed by atoms with Crippen LogP contribution >= 0.6 is 0 Å². The van der Waals surface area contributed by atoms with Gasteiger partial charge in [-0.1, -0.05) is 0 Å². The van der Waals surface area contributed by atoms with Crippen LogP contribution in [0.25, 0.3) is 0 Å². The van der Waals surface area contributed by atoms with E-state index in [2.05, 4.69) is 10.2 Å². The lowest BCUT2D eigenvalue weighted by Crippen LogP contribution is -2.44. The van der Waals surface area contributed by atoms with Crippen molar-refractivity contribution in [3.8, 4) is 6.07 Å². The molecule has 1 aromatic carbocycles. The number of anilines is 1. The molecule has 20 heavy (non-hydrogen) atoms. The SMILES string of the molecule is N#Cc1ccc(N2CCC3NCCC3C2)c([N+](=O)[O-])c1. The van der Waals surface area contributed by atoms with Gasteiger partial charge in [-0.2, -0.15) is 5.26 Å². The minimum Gasteiger partial charge on any atom is -0.366 e. The van der Waals surface area contributed by atoms with E-state index in [-0.39, 0.29) is 5.69 Å². The van der Waals surface area contributed by atoms with E-state index in [0.29, 0.717) is 23.2 Å². The molecule has 1 aromatic rings. The Morgan fingerprint density at radius 2 is 2.30 bits per heavy atom. The Kier molecular flexibility index (Phi) is 3.28. The van der Waals surface area contributed by atoms with Crippen molar-refractivity contribution < 1.29 is 4.92 Å². The van der Waals surface area contributed by atoms with E-state index in [1.807, 2.05) is 6.07 Å². The molecule has 2 fully saturated rings. The molecular formula is C14H16N4O2. The van der Waals surface area contributed by atoms with Gasteiger partial charge < -0.3 is 10.2 Å². The summed E-state index contributed by atoms with van der Waals surface area (Å²) in [6, 6.07) is 7.25. The van der Waals surface area contributed by atoms with Crippen molar-refractivity contribution in [2.45, 2.75) is 18.9 Å². The summed E-state index contributed by atoms with van der Waals surface area (Å²) in [6.45, 7) is 2.71. The molecule has 0 spiro atoms. The fraction of sp³-hybridized carbons (Fsp3) is 0.500. The highest BCUT2D eigenvalue weighted by atomic mass is 16.6. The molecule has 2 aliphatic heterocycles. The van der Waals surface area contributed by atoms with Crippen LogP contribution in [0.1, 0.15) is 18.4 Å². The lowest BCUT2D eigenvalue weighted by molar-refractivity contribution is -0.384. The highest BCUT2D eigenvalue weighted by molar-refractivity contribution is 5.66. The minimum absolute atomic E-state index is 0.0356. The first-order valence-electron chi connectivity index (χ1n) is 6.86. The summed E-state index contributed by atoms with van der Waals surface area (Å²) >= 11 is 0. The number of nitrogens with zero attached hydrogens (tertiary/aromatic N) is 3. The fourth-order valence-electron chi connectivity index (χ4n) is 3.27. The van der Waals surface area contributed by atoms with Gasteiger partial charge >= 0.3 is 0 Å². The third kappa shape index (κ3) is 2.21. The molecule has 0 amide bonds. The first kappa shape index (κ1) is 12.9. The predicted octanol–water partition coefficient (Wildman–Crippen LogP) is 1.65. The highest BCUT2D eigenvalue weighted by Gasteiger charge is 2.34. The van der Waals surface area contributed by atoms with Crippen LogP contribution < -0.4 is 10.2 Å². The van der Waals surface area contributed by atoms with E-state index < -0.39 is 4.92 Å². The number of nitriles is 1. The van der Waals surface area contributed by atoms with Gasteiger partial charge in [-0.25, -0.2) is 0 Å². The molecule has 0 aromatic heterocycles. The number of hydrogen-bond donors (Lipinski definition) is 1. The molecule has 0 bridgehead atoms. The molecule has 2 unspecified atom stereocenters. The maximum absolute atomic E-state index is 11.2. The Balaban J connectivity index is 1.90. The quantitative estimate of drug-likeness (QED) is 0.654. The molecule has 104 valence electrons. The largest absolute Gasteiger partial charge is 0.366 e. The molecule has 2 atom stereocenters. The number of rotatable bonds is 2. The summed E-state index contributed by atoms with van der Waals surface area (Å²) in [5.41, 5.74) is 1.01. The lowest BCUT2D eigenvalue weighted by Gasteiger charge is -2.36. The van der Waals surface area contributed by atoms with E-state index in [9.17, 15) is 10.1 Å². The van der Waals surface area contributed by atoms with Gasteiger partial charge in [0.25, 0.3) is 5.69 Å². The first-order chi connectivity index (χ1) is 9.69. The third-order valence-electron chi connectivity index (χ3n) is 4.30. The van der Waals surface area contributed by atoms with Gasteiger partial charge in [-0.3, -0.25) is 10.1 Å². The van der Waals surface area contributed by atoms with Gasteiger partial charge in [0.05, 0.1) is 16.6 Å². The minimum atomic E-state index is -0.394. The fourth-order valence-corrected chi connectivity index (χ4v) is 3.27. The number of fused-ring (bicyclic) bond motifs is 1. The Labute approximate surface area is 117 Å². The van der Waals surface area contributed by atoms with Gasteiger partial charge in [-0.05, 0) is 37.4 Å². The Morgan fingerprint density at radius 3 is 3.05 bits per heavy atom. The molecule has 3 rings (SSSR count). The van der Waals surface area contributed by atoms with E-state index in [1.54, 1.807) is 12.1 Å². The second-order valence-electron chi connectivity index (χ2n) is 5.42. The van der Waals surface area contributed by atoms with E-state index >= 15 is 0 Å². The van der Waals surface area contributed by atoms with Crippen LogP contribution in [-0.4, -0.2) is 30.6 Å². The molecule has 2 aliphatic rings. The van der Waals surface area contributed by atoms with Crippen molar-refractivity contribution >= 4 is 11.4 Å². The van der Waals surface area contributed by atoms with Crippen molar-refractivity contribution in [1.29, 1.82) is 5.26 Å². The number of benzene rings is 1. The van der Waals surface area contributed by atoms with Gasteiger partial charge in [0.15, 0.2) is 0 Å². The monoisotopic (exact) mass is 272 g/mol. The van der Waals surface area contributed by atoms with Crippen molar-refractivity contribution in [2.24, 2.45) is 5.92 Å². The average molecular weight is 272 g/mol. The number of nitro benzene ring substituents is 1. The van der Waals surface area contributed by atoms with Crippen LogP contribution in [0.3, 0.4) is 0 Å². The summed E-state index contributed by atoms with van der Waals surface area (Å²) in [6.07, 6.45) is 2.15. The predicted molar refractivity (Wildman–Crippen MR) is 74.5 cm³/mol. The van der Waals surface area contributed by atoms with Crippen LogP contribution in [0.2, 0.25) is 0 Å². The maximum Gasteiger partial charge on any atom is 0.293 e. The zero-order valence-corrected chi connectivity index (χ0v) is 11.1. The Bertz CT molecular complexity index is 581. The summed E-state index contributed by atoms with van der Waals surface area (Å²) < 4.78 is 0. The van der Waals surface area contributed by atoms with Gasteiger partial charge in [0, 0.05) is 25.2 Å². The van der Waals surface area contributed by atoms with Crippen LogP contribution in [-0.2, 0) is 0 Å². The second-order valence-corrected chi connectivity index (χ2v) is 5.42. The van der Waals surface area contributed by atoms with Gasteiger partial charge in [0.2, 0.25) is 0 Å². The Morgan fingerprint density at radius 1 is 1.45 bits per heavy atom. The molecule has 0 aliphatic carbocycles. The van der Waals surface area contributed by atoms with E-state index in [1.165, 1.54) is 6.07 Å². The van der Waals surface area contributed by atoms with Crippen molar-refractivity contribution in [3.63, 3.8) is 0 Å². The zero-order chi connectivity index (χ0) is 14.1. The van der Waals surface area contributed by atoms with Crippen molar-refractivity contribution in [2.75, 3.05) is 24.5 Å².